The van der Waals surface area contributed by atoms with Gasteiger partial charge in [-0.15, -0.1) is 12.4 Å². The predicted octanol–water partition coefficient (Wildman–Crippen LogP) is 2.17. The average Bonchev–Trinajstić information content (AvgIpc) is 3.11. The molecule has 0 saturated carbocycles. The number of amides is 2. The van der Waals surface area contributed by atoms with Gasteiger partial charge in [0.25, 0.3) is 5.91 Å². The van der Waals surface area contributed by atoms with Crippen LogP contribution in [0.3, 0.4) is 0 Å². The van der Waals surface area contributed by atoms with Crippen LogP contribution in [0.1, 0.15) is 36.0 Å². The number of piperidine rings is 1. The number of rotatable bonds is 4. The van der Waals surface area contributed by atoms with Crippen LogP contribution in [-0.4, -0.2) is 60.9 Å². The van der Waals surface area contributed by atoms with Crippen LogP contribution in [0.5, 0.6) is 0 Å². The largest absolute Gasteiger partial charge is 0.341 e. The molecular formula is C19H28ClN3O2. The number of carbonyl (C=O) groups is 2. The lowest BCUT2D eigenvalue weighted by Crippen LogP contribution is -2.51. The molecule has 6 heteroatoms. The van der Waals surface area contributed by atoms with Crippen LogP contribution in [-0.2, 0) is 4.79 Å². The Morgan fingerprint density at radius 3 is 2.56 bits per heavy atom. The van der Waals surface area contributed by atoms with Crippen molar-refractivity contribution in [1.29, 1.82) is 0 Å². The Morgan fingerprint density at radius 1 is 1.12 bits per heavy atom. The predicted molar refractivity (Wildman–Crippen MR) is 101 cm³/mol. The van der Waals surface area contributed by atoms with Crippen LogP contribution in [0.15, 0.2) is 30.3 Å². The van der Waals surface area contributed by atoms with Gasteiger partial charge in [-0.1, -0.05) is 18.2 Å². The lowest BCUT2D eigenvalue weighted by Gasteiger charge is -2.36. The maximum atomic E-state index is 13.0. The molecule has 1 aromatic rings. The maximum Gasteiger partial charge on any atom is 0.254 e. The first-order valence-corrected chi connectivity index (χ1v) is 9.00. The molecule has 2 saturated heterocycles. The first-order chi connectivity index (χ1) is 11.7. The van der Waals surface area contributed by atoms with Gasteiger partial charge in [0, 0.05) is 25.2 Å². The van der Waals surface area contributed by atoms with Crippen LogP contribution >= 0.6 is 12.4 Å². The van der Waals surface area contributed by atoms with Gasteiger partial charge in [-0.25, -0.2) is 0 Å². The third-order valence-corrected chi connectivity index (χ3v) is 5.14. The van der Waals surface area contributed by atoms with Gasteiger partial charge in [0.1, 0.15) is 6.04 Å². The lowest BCUT2D eigenvalue weighted by atomic mass is 9.97. The molecule has 0 aliphatic carbocycles. The van der Waals surface area contributed by atoms with E-state index < -0.39 is 0 Å². The van der Waals surface area contributed by atoms with Gasteiger partial charge in [0.2, 0.25) is 5.91 Å². The van der Waals surface area contributed by atoms with E-state index in [2.05, 4.69) is 5.32 Å². The minimum atomic E-state index is -0.286. The highest BCUT2D eigenvalue weighted by atomic mass is 35.5. The van der Waals surface area contributed by atoms with Crippen LogP contribution in [0.25, 0.3) is 0 Å². The van der Waals surface area contributed by atoms with E-state index in [0.29, 0.717) is 18.0 Å². The second kappa shape index (κ2) is 9.20. The van der Waals surface area contributed by atoms with E-state index in [-0.39, 0.29) is 30.3 Å². The Labute approximate surface area is 156 Å². The Balaban J connectivity index is 0.00000225. The van der Waals surface area contributed by atoms with Crippen molar-refractivity contribution in [2.45, 2.75) is 31.7 Å². The smallest absolute Gasteiger partial charge is 0.254 e. The summed E-state index contributed by atoms with van der Waals surface area (Å²) in [5.41, 5.74) is 0.670. The highest BCUT2D eigenvalue weighted by Crippen LogP contribution is 2.24. The van der Waals surface area contributed by atoms with Gasteiger partial charge < -0.3 is 15.1 Å². The third-order valence-electron chi connectivity index (χ3n) is 5.14. The van der Waals surface area contributed by atoms with Crippen molar-refractivity contribution in [3.63, 3.8) is 0 Å². The summed E-state index contributed by atoms with van der Waals surface area (Å²) in [4.78, 5) is 29.5. The summed E-state index contributed by atoms with van der Waals surface area (Å²) in [6.45, 7) is 3.26. The summed E-state index contributed by atoms with van der Waals surface area (Å²) in [5.74, 6) is 0.639. The topological polar surface area (TPSA) is 52.7 Å². The molecule has 2 atom stereocenters. The van der Waals surface area contributed by atoms with Gasteiger partial charge in [-0.2, -0.15) is 0 Å². The van der Waals surface area contributed by atoms with Crippen LogP contribution in [0.4, 0.5) is 0 Å². The summed E-state index contributed by atoms with van der Waals surface area (Å²) in [5, 5.41) is 3.21. The molecule has 2 amide bonds. The Morgan fingerprint density at radius 2 is 1.84 bits per heavy atom. The van der Waals surface area contributed by atoms with E-state index in [1.807, 2.05) is 42.3 Å². The maximum absolute atomic E-state index is 13.0. The summed E-state index contributed by atoms with van der Waals surface area (Å²) in [7, 11) is 1.96. The molecule has 3 rings (SSSR count). The summed E-state index contributed by atoms with van der Waals surface area (Å²) in [6.07, 6.45) is 3.91. The molecule has 5 nitrogen and oxygen atoms in total. The number of likely N-dealkylation sites (tertiary alicyclic amines) is 2. The van der Waals surface area contributed by atoms with Crippen molar-refractivity contribution >= 4 is 24.2 Å². The summed E-state index contributed by atoms with van der Waals surface area (Å²) < 4.78 is 0. The minimum Gasteiger partial charge on any atom is -0.341 e. The molecule has 0 bridgehead atoms. The Bertz CT molecular complexity index is 579. The second-order valence-corrected chi connectivity index (χ2v) is 6.87. The van der Waals surface area contributed by atoms with Crippen LogP contribution in [0.2, 0.25) is 0 Å². The molecule has 2 fully saturated rings. The first-order valence-electron chi connectivity index (χ1n) is 9.00. The van der Waals surface area contributed by atoms with E-state index >= 15 is 0 Å². The zero-order valence-corrected chi connectivity index (χ0v) is 15.6. The first kappa shape index (κ1) is 19.7. The highest BCUT2D eigenvalue weighted by molar-refractivity contribution is 5.98. The van der Waals surface area contributed by atoms with E-state index in [0.717, 1.165) is 38.9 Å². The molecule has 1 N–H and O–H groups in total. The SMILES string of the molecule is CNCC1CCCN(C(=O)C2CCCN2C(=O)c2ccccc2)C1.Cl. The number of carbonyl (C=O) groups excluding carboxylic acids is 2. The van der Waals surface area contributed by atoms with Gasteiger partial charge in [0.05, 0.1) is 0 Å². The van der Waals surface area contributed by atoms with Crippen LogP contribution in [0, 0.1) is 5.92 Å². The fourth-order valence-electron chi connectivity index (χ4n) is 3.94. The molecule has 0 spiro atoms. The molecule has 2 aliphatic rings. The van der Waals surface area contributed by atoms with Crippen molar-refractivity contribution in [3.8, 4) is 0 Å². The number of hydrogen-bond donors (Lipinski definition) is 1. The van der Waals surface area contributed by atoms with Crippen molar-refractivity contribution in [1.82, 2.24) is 15.1 Å². The second-order valence-electron chi connectivity index (χ2n) is 6.87. The van der Waals surface area contributed by atoms with E-state index in [4.69, 9.17) is 0 Å². The molecule has 25 heavy (non-hydrogen) atoms. The Kier molecular flexibility index (Phi) is 7.26. The number of nitrogens with one attached hydrogen (secondary N) is 1. The van der Waals surface area contributed by atoms with Gasteiger partial charge >= 0.3 is 0 Å². The van der Waals surface area contributed by atoms with Crippen molar-refractivity contribution in [2.75, 3.05) is 33.2 Å². The summed E-state index contributed by atoms with van der Waals surface area (Å²) in [6, 6.07) is 9.00. The molecule has 2 aliphatic heterocycles. The normalized spacial score (nSPS) is 23.2. The standard InChI is InChI=1S/C19H27N3O2.ClH/c1-20-13-15-7-5-11-21(14-15)19(24)17-10-6-12-22(17)18(23)16-8-3-2-4-9-16;/h2-4,8-9,15,17,20H,5-7,10-14H2,1H3;1H. The van der Waals surface area contributed by atoms with E-state index in [9.17, 15) is 9.59 Å². The quantitative estimate of drug-likeness (QED) is 0.889. The highest BCUT2D eigenvalue weighted by Gasteiger charge is 2.37. The fourth-order valence-corrected chi connectivity index (χ4v) is 3.94. The van der Waals surface area contributed by atoms with Gasteiger partial charge in [0.15, 0.2) is 0 Å². The zero-order valence-electron chi connectivity index (χ0n) is 14.8. The number of nitrogens with zero attached hydrogens (tertiary/aromatic N) is 2. The monoisotopic (exact) mass is 365 g/mol. The molecule has 0 radical (unpaired) electrons. The molecule has 2 heterocycles. The minimum absolute atomic E-state index is 0. The molecule has 1 aromatic carbocycles. The van der Waals surface area contributed by atoms with Gasteiger partial charge in [-0.3, -0.25) is 9.59 Å². The zero-order chi connectivity index (χ0) is 16.9. The molecular weight excluding hydrogens is 338 g/mol. The van der Waals surface area contributed by atoms with E-state index in [1.54, 1.807) is 4.90 Å². The van der Waals surface area contributed by atoms with Crippen molar-refractivity contribution < 1.29 is 9.59 Å². The van der Waals surface area contributed by atoms with Crippen LogP contribution < -0.4 is 5.32 Å². The Hall–Kier alpha value is -1.59. The van der Waals surface area contributed by atoms with Gasteiger partial charge in [-0.05, 0) is 57.3 Å². The number of halogens is 1. The third kappa shape index (κ3) is 4.53. The number of hydrogen-bond acceptors (Lipinski definition) is 3. The summed E-state index contributed by atoms with van der Waals surface area (Å²) >= 11 is 0. The van der Waals surface area contributed by atoms with E-state index in [1.165, 1.54) is 6.42 Å². The fraction of sp³-hybridized carbons (Fsp3) is 0.579. The van der Waals surface area contributed by atoms with Crippen molar-refractivity contribution in [2.24, 2.45) is 5.92 Å². The van der Waals surface area contributed by atoms with Crippen molar-refractivity contribution in [3.05, 3.63) is 35.9 Å². The lowest BCUT2D eigenvalue weighted by molar-refractivity contribution is -0.137. The molecule has 2 unspecified atom stereocenters. The average molecular weight is 366 g/mol. The molecule has 0 aromatic heterocycles. The molecule has 138 valence electrons. The number of benzene rings is 1.